The van der Waals surface area contributed by atoms with Gasteiger partial charge in [-0.25, -0.2) is 0 Å². The fourth-order valence-electron chi connectivity index (χ4n) is 7.31. The van der Waals surface area contributed by atoms with Gasteiger partial charge >= 0.3 is 0 Å². The molecule has 2 heterocycles. The molecule has 2 atom stereocenters. The van der Waals surface area contributed by atoms with Gasteiger partial charge in [-0.3, -0.25) is 0 Å². The van der Waals surface area contributed by atoms with Crippen LogP contribution in [0.5, 0.6) is 0 Å². The first-order chi connectivity index (χ1) is 21.8. The van der Waals surface area contributed by atoms with Crippen molar-refractivity contribution in [3.05, 3.63) is 181 Å². The lowest BCUT2D eigenvalue weighted by Gasteiger charge is -2.30. The van der Waals surface area contributed by atoms with E-state index < -0.39 is 0 Å². The van der Waals surface area contributed by atoms with Gasteiger partial charge < -0.3 is 9.47 Å². The number of rotatable bonds is 4. The lowest BCUT2D eigenvalue weighted by molar-refractivity contribution is 0.747. The van der Waals surface area contributed by atoms with Crippen LogP contribution in [-0.4, -0.2) is 10.6 Å². The molecule has 1 aliphatic heterocycles. The van der Waals surface area contributed by atoms with E-state index in [4.69, 9.17) is 0 Å². The van der Waals surface area contributed by atoms with E-state index in [-0.39, 0.29) is 12.0 Å². The summed E-state index contributed by atoms with van der Waals surface area (Å²) in [5.41, 5.74) is 12.5. The maximum absolute atomic E-state index is 2.52. The standard InChI is InChI=1S/C42H30N2/c1-2-11-29(12-3-1)31-13-10-14-34(27-31)44-41-20-9-6-17-37(41)38-28-32(23-26-42(38)44)30-21-24-33(25-22-30)43-39-18-7-4-15-35(39)36-16-5-8-19-40(36)43/h1-28,38,42H. The molecule has 0 saturated heterocycles. The molecule has 44 heavy (non-hydrogen) atoms. The molecule has 2 nitrogen and oxygen atoms in total. The van der Waals surface area contributed by atoms with Gasteiger partial charge in [0.2, 0.25) is 0 Å². The Morgan fingerprint density at radius 1 is 0.477 bits per heavy atom. The second-order valence-electron chi connectivity index (χ2n) is 11.8. The van der Waals surface area contributed by atoms with Crippen molar-refractivity contribution < 1.29 is 0 Å². The number of para-hydroxylation sites is 3. The maximum Gasteiger partial charge on any atom is 0.0630 e. The van der Waals surface area contributed by atoms with Crippen LogP contribution in [0.4, 0.5) is 11.4 Å². The van der Waals surface area contributed by atoms with Crippen molar-refractivity contribution in [3.63, 3.8) is 0 Å². The summed E-state index contributed by atoms with van der Waals surface area (Å²) >= 11 is 0. The average Bonchev–Trinajstić information content (AvgIpc) is 3.62. The lowest BCUT2D eigenvalue weighted by atomic mass is 9.86. The SMILES string of the molecule is C1=CC2C(C=C1c1ccc(-n3c4ccccc4c4ccccc43)cc1)c1ccccc1N2c1cccc(-c2ccccc2)c1. The van der Waals surface area contributed by atoms with Crippen molar-refractivity contribution >= 4 is 38.8 Å². The van der Waals surface area contributed by atoms with Gasteiger partial charge in [-0.05, 0) is 70.3 Å². The van der Waals surface area contributed by atoms with Crippen molar-refractivity contribution in [1.82, 2.24) is 4.57 Å². The van der Waals surface area contributed by atoms with Gasteiger partial charge in [-0.2, -0.15) is 0 Å². The molecule has 0 amide bonds. The molecule has 0 N–H and O–H groups in total. The zero-order chi connectivity index (χ0) is 29.0. The smallest absolute Gasteiger partial charge is 0.0630 e. The largest absolute Gasteiger partial charge is 0.333 e. The van der Waals surface area contributed by atoms with Gasteiger partial charge in [0.25, 0.3) is 0 Å². The monoisotopic (exact) mass is 562 g/mol. The normalized spacial score (nSPS) is 17.1. The van der Waals surface area contributed by atoms with E-state index in [0.29, 0.717) is 0 Å². The predicted octanol–water partition coefficient (Wildman–Crippen LogP) is 10.7. The topological polar surface area (TPSA) is 8.17 Å². The molecular formula is C42H30N2. The molecular weight excluding hydrogens is 532 g/mol. The average molecular weight is 563 g/mol. The van der Waals surface area contributed by atoms with Crippen molar-refractivity contribution in [2.24, 2.45) is 0 Å². The summed E-state index contributed by atoms with van der Waals surface area (Å²) in [7, 11) is 0. The zero-order valence-corrected chi connectivity index (χ0v) is 24.2. The number of hydrogen-bond donors (Lipinski definition) is 0. The highest BCUT2D eigenvalue weighted by molar-refractivity contribution is 6.09. The number of benzene rings is 6. The number of fused-ring (bicyclic) bond motifs is 6. The van der Waals surface area contributed by atoms with Crippen LogP contribution in [0.2, 0.25) is 0 Å². The van der Waals surface area contributed by atoms with Crippen LogP contribution in [0.1, 0.15) is 17.0 Å². The van der Waals surface area contributed by atoms with Crippen molar-refractivity contribution in [2.45, 2.75) is 12.0 Å². The van der Waals surface area contributed by atoms with Crippen LogP contribution in [0.25, 0.3) is 44.2 Å². The van der Waals surface area contributed by atoms with Gasteiger partial charge in [-0.1, -0.05) is 127 Å². The fraction of sp³-hybridized carbons (Fsp3) is 0.0476. The van der Waals surface area contributed by atoms with Crippen LogP contribution >= 0.6 is 0 Å². The summed E-state index contributed by atoms with van der Waals surface area (Å²) in [6.07, 6.45) is 7.19. The minimum atomic E-state index is 0.235. The Bertz CT molecular complexity index is 2180. The van der Waals surface area contributed by atoms with E-state index in [1.54, 1.807) is 0 Å². The molecule has 0 fully saturated rings. The Morgan fingerprint density at radius 3 is 1.91 bits per heavy atom. The van der Waals surface area contributed by atoms with Crippen molar-refractivity contribution in [3.8, 4) is 16.8 Å². The highest BCUT2D eigenvalue weighted by Crippen LogP contribution is 2.49. The molecule has 0 spiro atoms. The Labute approximate surface area is 257 Å². The van der Waals surface area contributed by atoms with E-state index in [9.17, 15) is 0 Å². The zero-order valence-electron chi connectivity index (χ0n) is 24.2. The Balaban J connectivity index is 1.08. The van der Waals surface area contributed by atoms with E-state index >= 15 is 0 Å². The van der Waals surface area contributed by atoms with E-state index in [0.717, 1.165) is 0 Å². The first-order valence-electron chi connectivity index (χ1n) is 15.4. The van der Waals surface area contributed by atoms with E-state index in [1.807, 2.05) is 0 Å². The van der Waals surface area contributed by atoms with Crippen LogP contribution in [0, 0.1) is 0 Å². The van der Waals surface area contributed by atoms with Gasteiger partial charge in [-0.15, -0.1) is 0 Å². The molecule has 2 aliphatic rings. The summed E-state index contributed by atoms with van der Waals surface area (Å²) in [5, 5.41) is 2.57. The van der Waals surface area contributed by atoms with Crippen molar-refractivity contribution in [1.29, 1.82) is 0 Å². The summed E-state index contributed by atoms with van der Waals surface area (Å²) in [5.74, 6) is 0.281. The molecule has 2 unspecified atom stereocenters. The van der Waals surface area contributed by atoms with Crippen molar-refractivity contribution in [2.75, 3.05) is 4.90 Å². The molecule has 1 aromatic heterocycles. The van der Waals surface area contributed by atoms with Gasteiger partial charge in [0.15, 0.2) is 0 Å². The van der Waals surface area contributed by atoms with E-state index in [2.05, 4.69) is 179 Å². The minimum absolute atomic E-state index is 0.235. The molecule has 0 bridgehead atoms. The number of aromatic nitrogens is 1. The summed E-state index contributed by atoms with van der Waals surface area (Å²) < 4.78 is 2.38. The number of allylic oxidation sites excluding steroid dienone is 2. The number of hydrogen-bond acceptors (Lipinski definition) is 1. The molecule has 0 saturated carbocycles. The second-order valence-corrected chi connectivity index (χ2v) is 11.8. The molecule has 6 aromatic carbocycles. The first-order valence-corrected chi connectivity index (χ1v) is 15.4. The summed E-state index contributed by atoms with van der Waals surface area (Å²) in [6.45, 7) is 0. The molecule has 1 aliphatic carbocycles. The summed E-state index contributed by atoms with van der Waals surface area (Å²) in [4.78, 5) is 2.52. The van der Waals surface area contributed by atoms with Crippen LogP contribution in [0.15, 0.2) is 170 Å². The van der Waals surface area contributed by atoms with Gasteiger partial charge in [0.05, 0.1) is 17.1 Å². The highest BCUT2D eigenvalue weighted by atomic mass is 15.2. The molecule has 0 radical (unpaired) electrons. The maximum atomic E-state index is 2.52. The number of anilines is 2. The van der Waals surface area contributed by atoms with Crippen LogP contribution < -0.4 is 4.90 Å². The number of nitrogens with zero attached hydrogens (tertiary/aromatic N) is 2. The van der Waals surface area contributed by atoms with Crippen LogP contribution in [-0.2, 0) is 0 Å². The van der Waals surface area contributed by atoms with Gasteiger partial charge in [0.1, 0.15) is 0 Å². The second kappa shape index (κ2) is 10.00. The Morgan fingerprint density at radius 2 is 1.14 bits per heavy atom. The lowest BCUT2D eigenvalue weighted by Crippen LogP contribution is -2.29. The molecule has 2 heteroatoms. The third-order valence-corrected chi connectivity index (χ3v) is 9.32. The fourth-order valence-corrected chi connectivity index (χ4v) is 7.31. The quantitative estimate of drug-likeness (QED) is 0.207. The molecule has 7 aromatic rings. The third-order valence-electron chi connectivity index (χ3n) is 9.32. The van der Waals surface area contributed by atoms with E-state index in [1.165, 1.54) is 66.7 Å². The Kier molecular flexibility index (Phi) is 5.67. The predicted molar refractivity (Wildman–Crippen MR) is 185 cm³/mol. The highest BCUT2D eigenvalue weighted by Gasteiger charge is 2.38. The first kappa shape index (κ1) is 24.9. The summed E-state index contributed by atoms with van der Waals surface area (Å²) in [6, 6.07) is 55.2. The molecule has 9 rings (SSSR count). The Hall–Kier alpha value is -5.60. The van der Waals surface area contributed by atoms with Crippen LogP contribution in [0.3, 0.4) is 0 Å². The minimum Gasteiger partial charge on any atom is -0.333 e. The van der Waals surface area contributed by atoms with Gasteiger partial charge in [0, 0.05) is 33.8 Å². The third kappa shape index (κ3) is 3.88. The molecule has 208 valence electrons.